The second kappa shape index (κ2) is 7.65. The van der Waals surface area contributed by atoms with Crippen LogP contribution in [0.15, 0.2) is 121 Å². The van der Waals surface area contributed by atoms with Crippen molar-refractivity contribution in [2.45, 2.75) is 0 Å². The average Bonchev–Trinajstić information content (AvgIpc) is 2.80. The first kappa shape index (κ1) is 17.3. The van der Waals surface area contributed by atoms with E-state index in [0.29, 0.717) is 0 Å². The van der Waals surface area contributed by atoms with Crippen LogP contribution < -0.4 is 5.32 Å². The lowest BCUT2D eigenvalue weighted by Gasteiger charge is -2.15. The summed E-state index contributed by atoms with van der Waals surface area (Å²) in [6.45, 7) is 0. The molecule has 0 saturated heterocycles. The summed E-state index contributed by atoms with van der Waals surface area (Å²) in [7, 11) is 0. The van der Waals surface area contributed by atoms with Gasteiger partial charge in [-0.15, -0.1) is 0 Å². The van der Waals surface area contributed by atoms with Crippen LogP contribution in [0.1, 0.15) is 0 Å². The lowest BCUT2D eigenvalue weighted by Crippen LogP contribution is -1.94. The highest BCUT2D eigenvalue weighted by Gasteiger charge is 2.08. The fourth-order valence-electron chi connectivity index (χ4n) is 3.73. The van der Waals surface area contributed by atoms with Gasteiger partial charge in [-0.05, 0) is 51.7 Å². The minimum Gasteiger partial charge on any atom is -0.355 e. The smallest absolute Gasteiger partial charge is 0.0470 e. The summed E-state index contributed by atoms with van der Waals surface area (Å²) in [6, 6.07) is 42.7. The van der Waals surface area contributed by atoms with Crippen LogP contribution in [0.5, 0.6) is 0 Å². The zero-order valence-corrected chi connectivity index (χ0v) is 16.0. The van der Waals surface area contributed by atoms with Crippen molar-refractivity contribution >= 4 is 22.1 Å². The Bertz CT molecular complexity index is 1240. The van der Waals surface area contributed by atoms with Gasteiger partial charge in [-0.3, -0.25) is 0 Å². The summed E-state index contributed by atoms with van der Waals surface area (Å²) in [4.78, 5) is 0. The zero-order valence-electron chi connectivity index (χ0n) is 16.0. The van der Waals surface area contributed by atoms with Gasteiger partial charge in [0, 0.05) is 16.9 Å². The molecule has 0 saturated carbocycles. The van der Waals surface area contributed by atoms with Crippen molar-refractivity contribution in [3.63, 3.8) is 0 Å². The van der Waals surface area contributed by atoms with Gasteiger partial charge < -0.3 is 5.32 Å². The second-order valence-corrected chi connectivity index (χ2v) is 7.18. The van der Waals surface area contributed by atoms with E-state index in [0.717, 1.165) is 11.4 Å². The maximum absolute atomic E-state index is 3.64. The molecule has 1 heteroatoms. The van der Waals surface area contributed by atoms with Gasteiger partial charge in [0.25, 0.3) is 0 Å². The minimum absolute atomic E-state index is 1.08. The Morgan fingerprint density at radius 2 is 0.931 bits per heavy atom. The van der Waals surface area contributed by atoms with Crippen molar-refractivity contribution in [1.82, 2.24) is 0 Å². The lowest BCUT2D eigenvalue weighted by molar-refractivity contribution is 1.54. The summed E-state index contributed by atoms with van der Waals surface area (Å²) in [5, 5.41) is 6.12. The molecule has 5 rings (SSSR count). The molecule has 29 heavy (non-hydrogen) atoms. The molecule has 0 spiro atoms. The van der Waals surface area contributed by atoms with Crippen LogP contribution in [0.2, 0.25) is 0 Å². The summed E-state index contributed by atoms with van der Waals surface area (Å²) in [6.07, 6.45) is 0. The van der Waals surface area contributed by atoms with Crippen LogP contribution in [0.25, 0.3) is 33.0 Å². The molecule has 0 aromatic heterocycles. The Morgan fingerprint density at radius 1 is 0.414 bits per heavy atom. The SMILES string of the molecule is c1ccc(-c2ccc(Nc3cc4ccccc4cc3-c3ccccc3)cc2)cc1. The summed E-state index contributed by atoms with van der Waals surface area (Å²) in [5.41, 5.74) is 7.06. The number of hydrogen-bond acceptors (Lipinski definition) is 1. The van der Waals surface area contributed by atoms with E-state index in [1.165, 1.54) is 33.0 Å². The highest BCUT2D eigenvalue weighted by molar-refractivity contribution is 5.95. The number of rotatable bonds is 4. The van der Waals surface area contributed by atoms with Gasteiger partial charge in [0.1, 0.15) is 0 Å². The largest absolute Gasteiger partial charge is 0.355 e. The quantitative estimate of drug-likeness (QED) is 0.338. The highest BCUT2D eigenvalue weighted by atomic mass is 14.9. The molecule has 0 atom stereocenters. The molecule has 1 N–H and O–H groups in total. The monoisotopic (exact) mass is 371 g/mol. The molecule has 0 aliphatic rings. The molecule has 5 aromatic carbocycles. The number of benzene rings is 5. The van der Waals surface area contributed by atoms with Gasteiger partial charge in [0.05, 0.1) is 0 Å². The van der Waals surface area contributed by atoms with Crippen LogP contribution in [-0.4, -0.2) is 0 Å². The van der Waals surface area contributed by atoms with Crippen molar-refractivity contribution < 1.29 is 0 Å². The maximum atomic E-state index is 3.64. The van der Waals surface area contributed by atoms with Crippen molar-refractivity contribution in [2.75, 3.05) is 5.32 Å². The summed E-state index contributed by atoms with van der Waals surface area (Å²) in [5.74, 6) is 0. The third-order valence-corrected chi connectivity index (χ3v) is 5.24. The van der Waals surface area contributed by atoms with Gasteiger partial charge >= 0.3 is 0 Å². The average molecular weight is 371 g/mol. The fourth-order valence-corrected chi connectivity index (χ4v) is 3.73. The number of anilines is 2. The second-order valence-electron chi connectivity index (χ2n) is 7.18. The Labute approximate surface area is 171 Å². The molecule has 0 unspecified atom stereocenters. The number of hydrogen-bond donors (Lipinski definition) is 1. The van der Waals surface area contributed by atoms with E-state index in [1.54, 1.807) is 0 Å². The Balaban J connectivity index is 1.54. The highest BCUT2D eigenvalue weighted by Crippen LogP contribution is 2.34. The molecule has 0 radical (unpaired) electrons. The first-order valence-corrected chi connectivity index (χ1v) is 9.87. The van der Waals surface area contributed by atoms with Crippen LogP contribution in [0, 0.1) is 0 Å². The third kappa shape index (κ3) is 3.63. The summed E-state index contributed by atoms with van der Waals surface area (Å²) >= 11 is 0. The van der Waals surface area contributed by atoms with Crippen molar-refractivity contribution in [1.29, 1.82) is 0 Å². The van der Waals surface area contributed by atoms with E-state index in [2.05, 4.69) is 121 Å². The van der Waals surface area contributed by atoms with Crippen LogP contribution in [0.4, 0.5) is 11.4 Å². The normalized spacial score (nSPS) is 10.8. The van der Waals surface area contributed by atoms with Gasteiger partial charge in [0.15, 0.2) is 0 Å². The Kier molecular flexibility index (Phi) is 4.56. The van der Waals surface area contributed by atoms with E-state index >= 15 is 0 Å². The van der Waals surface area contributed by atoms with Gasteiger partial charge in [-0.25, -0.2) is 0 Å². The minimum atomic E-state index is 1.08. The zero-order chi connectivity index (χ0) is 19.5. The number of nitrogens with one attached hydrogen (secondary N) is 1. The standard InChI is InChI=1S/C28H21N/c1-3-9-21(10-4-1)22-15-17-26(18-16-22)29-28-20-25-14-8-7-13-24(25)19-27(28)23-11-5-2-6-12-23/h1-20,29H. The predicted octanol–water partition coefficient (Wildman–Crippen LogP) is 7.92. The topological polar surface area (TPSA) is 12.0 Å². The molecule has 0 aliphatic carbocycles. The van der Waals surface area contributed by atoms with Crippen LogP contribution in [0.3, 0.4) is 0 Å². The molecule has 0 fully saturated rings. The molecule has 0 bridgehead atoms. The molecule has 138 valence electrons. The van der Waals surface area contributed by atoms with Gasteiger partial charge in [-0.2, -0.15) is 0 Å². The predicted molar refractivity (Wildman–Crippen MR) is 125 cm³/mol. The molecule has 5 aromatic rings. The third-order valence-electron chi connectivity index (χ3n) is 5.24. The molecular formula is C28H21N. The fraction of sp³-hybridized carbons (Fsp3) is 0. The van der Waals surface area contributed by atoms with E-state index in [9.17, 15) is 0 Å². The molecular weight excluding hydrogens is 350 g/mol. The Morgan fingerprint density at radius 3 is 1.59 bits per heavy atom. The van der Waals surface area contributed by atoms with E-state index in [1.807, 2.05) is 6.07 Å². The van der Waals surface area contributed by atoms with E-state index in [4.69, 9.17) is 0 Å². The number of fused-ring (bicyclic) bond motifs is 1. The Hall–Kier alpha value is -3.84. The van der Waals surface area contributed by atoms with Crippen molar-refractivity contribution in [3.8, 4) is 22.3 Å². The molecule has 0 amide bonds. The molecule has 1 nitrogen and oxygen atoms in total. The van der Waals surface area contributed by atoms with E-state index in [-0.39, 0.29) is 0 Å². The van der Waals surface area contributed by atoms with Crippen LogP contribution >= 0.6 is 0 Å². The maximum Gasteiger partial charge on any atom is 0.0470 e. The van der Waals surface area contributed by atoms with Crippen molar-refractivity contribution in [2.24, 2.45) is 0 Å². The van der Waals surface area contributed by atoms with Crippen molar-refractivity contribution in [3.05, 3.63) is 121 Å². The van der Waals surface area contributed by atoms with Gasteiger partial charge in [0.2, 0.25) is 0 Å². The van der Waals surface area contributed by atoms with Crippen LogP contribution in [-0.2, 0) is 0 Å². The lowest BCUT2D eigenvalue weighted by atomic mass is 9.98. The molecule has 0 heterocycles. The van der Waals surface area contributed by atoms with E-state index < -0.39 is 0 Å². The molecule has 0 aliphatic heterocycles. The van der Waals surface area contributed by atoms with Gasteiger partial charge in [-0.1, -0.05) is 97.1 Å². The first-order valence-electron chi connectivity index (χ1n) is 9.87. The summed E-state index contributed by atoms with van der Waals surface area (Å²) < 4.78 is 0. The first-order chi connectivity index (χ1) is 14.4.